The van der Waals surface area contributed by atoms with Gasteiger partial charge in [0, 0.05) is 11.8 Å². The number of aromatic nitrogens is 2. The van der Waals surface area contributed by atoms with Gasteiger partial charge in [0.2, 0.25) is 0 Å². The van der Waals surface area contributed by atoms with Crippen LogP contribution in [0.15, 0.2) is 54.9 Å². The molecule has 0 aliphatic heterocycles. The van der Waals surface area contributed by atoms with Crippen molar-refractivity contribution in [2.45, 2.75) is 13.8 Å². The summed E-state index contributed by atoms with van der Waals surface area (Å²) in [6.45, 7) is 4.09. The number of hydrogen-bond acceptors (Lipinski definition) is 6. The Balaban J connectivity index is 1.86. The highest BCUT2D eigenvalue weighted by molar-refractivity contribution is 5.96. The molecule has 6 nitrogen and oxygen atoms in total. The van der Waals surface area contributed by atoms with Crippen molar-refractivity contribution in [1.29, 1.82) is 0 Å². The molecule has 0 aliphatic rings. The smallest absolute Gasteiger partial charge is 0.339 e. The van der Waals surface area contributed by atoms with Crippen molar-refractivity contribution in [2.75, 3.05) is 17.7 Å². The number of nitrogens with one attached hydrogen (secondary N) is 2. The molecular formula is C20H20N4O2. The van der Waals surface area contributed by atoms with Crippen LogP contribution in [0.3, 0.4) is 0 Å². The Morgan fingerprint density at radius 3 is 2.27 bits per heavy atom. The van der Waals surface area contributed by atoms with E-state index in [9.17, 15) is 4.79 Å². The van der Waals surface area contributed by atoms with Crippen LogP contribution in [0.25, 0.3) is 0 Å². The number of anilines is 4. The van der Waals surface area contributed by atoms with Crippen LogP contribution >= 0.6 is 0 Å². The van der Waals surface area contributed by atoms with E-state index in [1.807, 2.05) is 38.1 Å². The number of para-hydroxylation sites is 2. The Bertz CT molecular complexity index is 920. The van der Waals surface area contributed by atoms with Crippen LogP contribution in [0.2, 0.25) is 0 Å². The number of aryl methyl sites for hydroxylation is 2. The van der Waals surface area contributed by atoms with Crippen molar-refractivity contribution < 1.29 is 9.53 Å². The van der Waals surface area contributed by atoms with Crippen molar-refractivity contribution >= 4 is 29.0 Å². The standard InChI is InChI=1S/C20H20N4O2/c1-13-7-6-8-14(2)19(13)24-18-11-17(21-12-22-18)23-16-10-5-4-9-15(16)20(25)26-3/h4-12H,1-3H3,(H2,21,22,23,24). The van der Waals surface area contributed by atoms with E-state index in [1.54, 1.807) is 24.3 Å². The minimum atomic E-state index is -0.406. The molecule has 0 spiro atoms. The summed E-state index contributed by atoms with van der Waals surface area (Å²) in [6, 6.07) is 15.0. The summed E-state index contributed by atoms with van der Waals surface area (Å²) in [5, 5.41) is 6.48. The molecule has 3 rings (SSSR count). The average molecular weight is 348 g/mol. The van der Waals surface area contributed by atoms with Crippen molar-refractivity contribution in [3.63, 3.8) is 0 Å². The largest absolute Gasteiger partial charge is 0.465 e. The highest BCUT2D eigenvalue weighted by atomic mass is 16.5. The van der Waals surface area contributed by atoms with Gasteiger partial charge >= 0.3 is 5.97 Å². The van der Waals surface area contributed by atoms with Crippen LogP contribution in [-0.4, -0.2) is 23.0 Å². The Morgan fingerprint density at radius 1 is 0.923 bits per heavy atom. The summed E-state index contributed by atoms with van der Waals surface area (Å²) in [4.78, 5) is 20.4. The summed E-state index contributed by atoms with van der Waals surface area (Å²) in [5.41, 5.74) is 4.35. The molecular weight excluding hydrogens is 328 g/mol. The number of carbonyl (C=O) groups excluding carboxylic acids is 1. The molecule has 6 heteroatoms. The van der Waals surface area contributed by atoms with E-state index in [2.05, 4.69) is 20.6 Å². The second-order valence-electron chi connectivity index (χ2n) is 5.84. The second kappa shape index (κ2) is 7.65. The molecule has 1 heterocycles. The molecule has 2 aromatic carbocycles. The summed E-state index contributed by atoms with van der Waals surface area (Å²) in [5.74, 6) is 0.830. The predicted octanol–water partition coefficient (Wildman–Crippen LogP) is 4.37. The van der Waals surface area contributed by atoms with Crippen molar-refractivity contribution in [3.8, 4) is 0 Å². The number of ether oxygens (including phenoxy) is 1. The van der Waals surface area contributed by atoms with Crippen LogP contribution in [0.4, 0.5) is 23.0 Å². The van der Waals surface area contributed by atoms with E-state index in [0.717, 1.165) is 16.8 Å². The first-order valence-corrected chi connectivity index (χ1v) is 8.18. The minimum Gasteiger partial charge on any atom is -0.465 e. The van der Waals surface area contributed by atoms with Gasteiger partial charge in [-0.2, -0.15) is 0 Å². The zero-order chi connectivity index (χ0) is 18.5. The van der Waals surface area contributed by atoms with Crippen molar-refractivity contribution in [1.82, 2.24) is 9.97 Å². The fourth-order valence-corrected chi connectivity index (χ4v) is 2.65. The number of hydrogen-bond donors (Lipinski definition) is 2. The lowest BCUT2D eigenvalue weighted by Gasteiger charge is -2.13. The summed E-state index contributed by atoms with van der Waals surface area (Å²) in [6.07, 6.45) is 1.47. The molecule has 0 aliphatic carbocycles. The van der Waals surface area contributed by atoms with E-state index in [1.165, 1.54) is 13.4 Å². The summed E-state index contributed by atoms with van der Waals surface area (Å²) in [7, 11) is 1.36. The molecule has 0 saturated heterocycles. The van der Waals surface area contributed by atoms with Crippen molar-refractivity contribution in [3.05, 3.63) is 71.5 Å². The molecule has 0 fully saturated rings. The molecule has 0 saturated carbocycles. The Labute approximate surface area is 152 Å². The molecule has 26 heavy (non-hydrogen) atoms. The van der Waals surface area contributed by atoms with Crippen LogP contribution in [-0.2, 0) is 4.74 Å². The van der Waals surface area contributed by atoms with E-state index < -0.39 is 5.97 Å². The third kappa shape index (κ3) is 3.80. The number of esters is 1. The quantitative estimate of drug-likeness (QED) is 0.667. The lowest BCUT2D eigenvalue weighted by atomic mass is 10.1. The molecule has 2 N–H and O–H groups in total. The van der Waals surface area contributed by atoms with Crippen LogP contribution in [0, 0.1) is 13.8 Å². The third-order valence-corrected chi connectivity index (χ3v) is 4.00. The third-order valence-electron chi connectivity index (χ3n) is 4.00. The number of benzene rings is 2. The zero-order valence-electron chi connectivity index (χ0n) is 14.9. The van der Waals surface area contributed by atoms with Crippen LogP contribution in [0.5, 0.6) is 0 Å². The molecule has 0 unspecified atom stereocenters. The maximum Gasteiger partial charge on any atom is 0.339 e. The first kappa shape index (κ1) is 17.4. The lowest BCUT2D eigenvalue weighted by Crippen LogP contribution is -2.06. The van der Waals surface area contributed by atoms with Gasteiger partial charge in [-0.3, -0.25) is 0 Å². The fraction of sp³-hybridized carbons (Fsp3) is 0.150. The van der Waals surface area contributed by atoms with Crippen LogP contribution < -0.4 is 10.6 Å². The number of carbonyl (C=O) groups is 1. The minimum absolute atomic E-state index is 0.406. The van der Waals surface area contributed by atoms with Crippen LogP contribution in [0.1, 0.15) is 21.5 Å². The van der Waals surface area contributed by atoms with Crippen molar-refractivity contribution in [2.24, 2.45) is 0 Å². The molecule has 1 aromatic heterocycles. The highest BCUT2D eigenvalue weighted by Gasteiger charge is 2.12. The monoisotopic (exact) mass is 348 g/mol. The topological polar surface area (TPSA) is 76.1 Å². The van der Waals surface area contributed by atoms with E-state index in [0.29, 0.717) is 22.9 Å². The molecule has 132 valence electrons. The van der Waals surface area contributed by atoms with E-state index in [-0.39, 0.29) is 0 Å². The van der Waals surface area contributed by atoms with Gasteiger partial charge in [-0.15, -0.1) is 0 Å². The summed E-state index contributed by atoms with van der Waals surface area (Å²) >= 11 is 0. The van der Waals surface area contributed by atoms with E-state index in [4.69, 9.17) is 4.74 Å². The normalized spacial score (nSPS) is 10.3. The van der Waals surface area contributed by atoms with Gasteiger partial charge in [-0.05, 0) is 37.1 Å². The van der Waals surface area contributed by atoms with Gasteiger partial charge in [-0.1, -0.05) is 30.3 Å². The molecule has 0 atom stereocenters. The maximum atomic E-state index is 11.9. The van der Waals surface area contributed by atoms with Gasteiger partial charge in [0.25, 0.3) is 0 Å². The number of rotatable bonds is 5. The van der Waals surface area contributed by atoms with E-state index >= 15 is 0 Å². The summed E-state index contributed by atoms with van der Waals surface area (Å²) < 4.78 is 4.82. The Hall–Kier alpha value is -3.41. The number of nitrogens with zero attached hydrogens (tertiary/aromatic N) is 2. The average Bonchev–Trinajstić information content (AvgIpc) is 2.65. The van der Waals surface area contributed by atoms with Gasteiger partial charge in [0.15, 0.2) is 0 Å². The van der Waals surface area contributed by atoms with Gasteiger partial charge in [0.1, 0.15) is 18.0 Å². The second-order valence-corrected chi connectivity index (χ2v) is 5.84. The molecule has 0 amide bonds. The Kier molecular flexibility index (Phi) is 5.12. The van der Waals surface area contributed by atoms with Gasteiger partial charge in [0.05, 0.1) is 18.4 Å². The van der Waals surface area contributed by atoms with Gasteiger partial charge in [-0.25, -0.2) is 14.8 Å². The first-order chi connectivity index (χ1) is 12.6. The molecule has 0 radical (unpaired) electrons. The maximum absolute atomic E-state index is 11.9. The number of methoxy groups -OCH3 is 1. The lowest BCUT2D eigenvalue weighted by molar-refractivity contribution is 0.0602. The SMILES string of the molecule is COC(=O)c1ccccc1Nc1cc(Nc2c(C)cccc2C)ncn1. The Morgan fingerprint density at radius 2 is 1.58 bits per heavy atom. The first-order valence-electron chi connectivity index (χ1n) is 8.18. The fourth-order valence-electron chi connectivity index (χ4n) is 2.65. The molecule has 3 aromatic rings. The molecule has 0 bridgehead atoms. The van der Waals surface area contributed by atoms with Gasteiger partial charge < -0.3 is 15.4 Å². The highest BCUT2D eigenvalue weighted by Crippen LogP contribution is 2.25. The zero-order valence-corrected chi connectivity index (χ0v) is 14.9. The predicted molar refractivity (Wildman–Crippen MR) is 102 cm³/mol.